The minimum atomic E-state index is -0.113. The highest BCUT2D eigenvalue weighted by atomic mass is 16.3. The summed E-state index contributed by atoms with van der Waals surface area (Å²) in [4.78, 5) is 2.53. The van der Waals surface area contributed by atoms with Crippen LogP contribution in [0.3, 0.4) is 0 Å². The van der Waals surface area contributed by atoms with Gasteiger partial charge in [-0.2, -0.15) is 0 Å². The van der Waals surface area contributed by atoms with Crippen LogP contribution in [0.5, 0.6) is 0 Å². The molecular weight excluding hydrogens is 212 g/mol. The lowest BCUT2D eigenvalue weighted by Gasteiger charge is -2.41. The first-order chi connectivity index (χ1) is 8.00. The van der Waals surface area contributed by atoms with Gasteiger partial charge in [0.15, 0.2) is 0 Å². The van der Waals surface area contributed by atoms with Gasteiger partial charge in [-0.15, -0.1) is 0 Å². The van der Waals surface area contributed by atoms with E-state index < -0.39 is 0 Å². The van der Waals surface area contributed by atoms with Gasteiger partial charge in [0, 0.05) is 25.7 Å². The van der Waals surface area contributed by atoms with Gasteiger partial charge in [0.05, 0.1) is 12.1 Å². The number of likely N-dealkylation sites (tertiary alicyclic amines) is 1. The Kier molecular flexibility index (Phi) is 4.11. The Balaban J connectivity index is 1.87. The zero-order chi connectivity index (χ0) is 12.5. The molecule has 3 atom stereocenters. The van der Waals surface area contributed by atoms with Crippen LogP contribution in [0.25, 0.3) is 0 Å². The van der Waals surface area contributed by atoms with E-state index in [1.54, 1.807) is 0 Å². The van der Waals surface area contributed by atoms with Crippen molar-refractivity contribution in [2.75, 3.05) is 26.2 Å². The average molecular weight is 240 g/mol. The first-order valence-electron chi connectivity index (χ1n) is 7.11. The van der Waals surface area contributed by atoms with Crippen LogP contribution < -0.4 is 5.32 Å². The molecule has 2 fully saturated rings. The summed E-state index contributed by atoms with van der Waals surface area (Å²) in [5.74, 6) is 1.59. The van der Waals surface area contributed by atoms with Gasteiger partial charge in [-0.05, 0) is 38.0 Å². The molecule has 0 amide bonds. The van der Waals surface area contributed by atoms with Crippen LogP contribution in [0.2, 0.25) is 0 Å². The van der Waals surface area contributed by atoms with E-state index in [0.29, 0.717) is 6.04 Å². The summed E-state index contributed by atoms with van der Waals surface area (Å²) in [6.45, 7) is 10.4. The number of nitrogens with one attached hydrogen (secondary N) is 1. The summed E-state index contributed by atoms with van der Waals surface area (Å²) in [6, 6.07) is 0.659. The lowest BCUT2D eigenvalue weighted by molar-refractivity contribution is 0.0754. The van der Waals surface area contributed by atoms with E-state index in [2.05, 4.69) is 31.0 Å². The van der Waals surface area contributed by atoms with Crippen LogP contribution >= 0.6 is 0 Å². The van der Waals surface area contributed by atoms with E-state index in [0.717, 1.165) is 18.4 Å². The SMILES string of the molecule is CC1CC(C)CN(CC(C)(CO)NC2CC2)C1. The number of piperidine rings is 1. The van der Waals surface area contributed by atoms with E-state index in [-0.39, 0.29) is 12.1 Å². The molecule has 1 aliphatic carbocycles. The molecule has 3 heteroatoms. The Labute approximate surface area is 106 Å². The van der Waals surface area contributed by atoms with Crippen LogP contribution in [-0.2, 0) is 0 Å². The molecule has 0 radical (unpaired) electrons. The maximum Gasteiger partial charge on any atom is 0.0623 e. The Bertz CT molecular complexity index is 245. The Morgan fingerprint density at radius 3 is 2.29 bits per heavy atom. The van der Waals surface area contributed by atoms with Crippen LogP contribution in [0.15, 0.2) is 0 Å². The molecule has 0 aromatic rings. The van der Waals surface area contributed by atoms with Crippen molar-refractivity contribution in [1.82, 2.24) is 10.2 Å². The average Bonchev–Trinajstić information content (AvgIpc) is 2.99. The normalized spacial score (nSPS) is 34.6. The Morgan fingerprint density at radius 2 is 1.82 bits per heavy atom. The third-order valence-corrected chi connectivity index (χ3v) is 4.00. The van der Waals surface area contributed by atoms with Crippen molar-refractivity contribution in [3.8, 4) is 0 Å². The lowest BCUT2D eigenvalue weighted by Crippen LogP contribution is -2.56. The number of aliphatic hydroxyl groups excluding tert-OH is 1. The Hall–Kier alpha value is -0.120. The van der Waals surface area contributed by atoms with E-state index in [4.69, 9.17) is 0 Å². The van der Waals surface area contributed by atoms with Crippen molar-refractivity contribution in [3.05, 3.63) is 0 Å². The molecule has 1 saturated carbocycles. The van der Waals surface area contributed by atoms with Crippen molar-refractivity contribution < 1.29 is 5.11 Å². The molecule has 17 heavy (non-hydrogen) atoms. The van der Waals surface area contributed by atoms with Gasteiger partial charge in [-0.1, -0.05) is 13.8 Å². The molecule has 2 rings (SSSR count). The van der Waals surface area contributed by atoms with Gasteiger partial charge < -0.3 is 15.3 Å². The van der Waals surface area contributed by atoms with Gasteiger partial charge in [-0.25, -0.2) is 0 Å². The standard InChI is InChI=1S/C14H28N2O/c1-11-6-12(2)8-16(7-11)9-14(3,10-17)15-13-4-5-13/h11-13,15,17H,4-10H2,1-3H3. The minimum Gasteiger partial charge on any atom is -0.394 e. The molecule has 1 saturated heterocycles. The quantitative estimate of drug-likeness (QED) is 0.764. The van der Waals surface area contributed by atoms with Gasteiger partial charge in [0.2, 0.25) is 0 Å². The molecule has 2 aliphatic rings. The van der Waals surface area contributed by atoms with E-state index in [1.165, 1.54) is 32.4 Å². The summed E-state index contributed by atoms with van der Waals surface area (Å²) in [5.41, 5.74) is -0.113. The van der Waals surface area contributed by atoms with Gasteiger partial charge in [-0.3, -0.25) is 0 Å². The molecule has 0 aromatic heterocycles. The zero-order valence-corrected chi connectivity index (χ0v) is 11.6. The number of hydrogen-bond donors (Lipinski definition) is 2. The van der Waals surface area contributed by atoms with Crippen LogP contribution in [0, 0.1) is 11.8 Å². The second-order valence-corrected chi connectivity index (χ2v) is 6.78. The summed E-state index contributed by atoms with van der Waals surface area (Å²) in [7, 11) is 0. The zero-order valence-electron chi connectivity index (χ0n) is 11.6. The second kappa shape index (κ2) is 5.25. The minimum absolute atomic E-state index is 0.113. The van der Waals surface area contributed by atoms with Crippen molar-refractivity contribution in [3.63, 3.8) is 0 Å². The summed E-state index contributed by atoms with van der Waals surface area (Å²) >= 11 is 0. The van der Waals surface area contributed by atoms with Crippen LogP contribution in [-0.4, -0.2) is 47.8 Å². The Morgan fingerprint density at radius 1 is 1.24 bits per heavy atom. The van der Waals surface area contributed by atoms with Gasteiger partial charge >= 0.3 is 0 Å². The smallest absolute Gasteiger partial charge is 0.0623 e. The first-order valence-corrected chi connectivity index (χ1v) is 7.11. The fourth-order valence-corrected chi connectivity index (χ4v) is 3.28. The van der Waals surface area contributed by atoms with Crippen LogP contribution in [0.4, 0.5) is 0 Å². The fraction of sp³-hybridized carbons (Fsp3) is 1.00. The van der Waals surface area contributed by atoms with Crippen molar-refractivity contribution in [2.45, 2.75) is 51.6 Å². The summed E-state index contributed by atoms with van der Waals surface area (Å²) in [5, 5.41) is 13.2. The van der Waals surface area contributed by atoms with Crippen molar-refractivity contribution >= 4 is 0 Å². The number of aliphatic hydroxyl groups is 1. The predicted molar refractivity (Wildman–Crippen MR) is 71.0 cm³/mol. The number of nitrogens with zero attached hydrogens (tertiary/aromatic N) is 1. The first kappa shape index (κ1) is 13.3. The summed E-state index contributed by atoms with van der Waals surface area (Å²) in [6.07, 6.45) is 3.91. The molecule has 2 N–H and O–H groups in total. The van der Waals surface area contributed by atoms with E-state index in [1.807, 2.05) is 0 Å². The highest BCUT2D eigenvalue weighted by molar-refractivity contribution is 4.95. The molecule has 3 unspecified atom stereocenters. The second-order valence-electron chi connectivity index (χ2n) is 6.78. The van der Waals surface area contributed by atoms with Gasteiger partial charge in [0.1, 0.15) is 0 Å². The maximum atomic E-state index is 9.64. The molecule has 3 nitrogen and oxygen atoms in total. The lowest BCUT2D eigenvalue weighted by atomic mass is 9.90. The molecule has 1 heterocycles. The molecule has 0 bridgehead atoms. The van der Waals surface area contributed by atoms with E-state index >= 15 is 0 Å². The number of hydrogen-bond acceptors (Lipinski definition) is 3. The van der Waals surface area contributed by atoms with E-state index in [9.17, 15) is 5.11 Å². The van der Waals surface area contributed by atoms with Crippen LogP contribution in [0.1, 0.15) is 40.0 Å². The maximum absolute atomic E-state index is 9.64. The molecule has 0 aromatic carbocycles. The highest BCUT2D eigenvalue weighted by Gasteiger charge is 2.34. The molecular formula is C14H28N2O. The fourth-order valence-electron chi connectivity index (χ4n) is 3.28. The van der Waals surface area contributed by atoms with Crippen molar-refractivity contribution in [1.29, 1.82) is 0 Å². The number of rotatable bonds is 5. The third-order valence-electron chi connectivity index (χ3n) is 4.00. The van der Waals surface area contributed by atoms with Gasteiger partial charge in [0.25, 0.3) is 0 Å². The largest absolute Gasteiger partial charge is 0.394 e. The van der Waals surface area contributed by atoms with Crippen molar-refractivity contribution in [2.24, 2.45) is 11.8 Å². The summed E-state index contributed by atoms with van der Waals surface area (Å²) < 4.78 is 0. The molecule has 100 valence electrons. The predicted octanol–water partition coefficient (Wildman–Crippen LogP) is 1.47. The molecule has 1 aliphatic heterocycles. The third kappa shape index (κ3) is 3.94. The molecule has 0 spiro atoms. The topological polar surface area (TPSA) is 35.5 Å². The highest BCUT2D eigenvalue weighted by Crippen LogP contribution is 2.25. The monoisotopic (exact) mass is 240 g/mol.